The van der Waals surface area contributed by atoms with Gasteiger partial charge in [0.15, 0.2) is 0 Å². The molecule has 1 aromatic carbocycles. The van der Waals surface area contributed by atoms with Gasteiger partial charge in [-0.1, -0.05) is 29.3 Å². The molecule has 0 aliphatic heterocycles. The van der Waals surface area contributed by atoms with Gasteiger partial charge in [-0.15, -0.1) is 0 Å². The Labute approximate surface area is 133 Å². The first kappa shape index (κ1) is 15.9. The van der Waals surface area contributed by atoms with Crippen molar-refractivity contribution in [1.82, 2.24) is 10.3 Å². The van der Waals surface area contributed by atoms with Gasteiger partial charge in [0, 0.05) is 18.8 Å². The zero-order valence-corrected chi connectivity index (χ0v) is 13.3. The van der Waals surface area contributed by atoms with E-state index in [-0.39, 0.29) is 12.0 Å². The molecule has 0 saturated carbocycles. The molecule has 112 valence electrons. The fraction of sp³-hybridized carbons (Fsp3) is 0.267. The number of halogens is 2. The van der Waals surface area contributed by atoms with Gasteiger partial charge in [-0.25, -0.2) is 4.79 Å². The average molecular weight is 327 g/mol. The average Bonchev–Trinajstić information content (AvgIpc) is 2.95. The first-order valence-corrected chi connectivity index (χ1v) is 7.20. The Morgan fingerprint density at radius 2 is 2.10 bits per heavy atom. The van der Waals surface area contributed by atoms with Crippen LogP contribution in [0.15, 0.2) is 30.5 Å². The van der Waals surface area contributed by atoms with Gasteiger partial charge in [0.2, 0.25) is 0 Å². The smallest absolute Gasteiger partial charge is 0.354 e. The molecule has 0 bridgehead atoms. The summed E-state index contributed by atoms with van der Waals surface area (Å²) in [6.07, 6.45) is 1.78. The lowest BCUT2D eigenvalue weighted by molar-refractivity contribution is 0.0595. The van der Waals surface area contributed by atoms with Crippen LogP contribution < -0.4 is 5.32 Å². The van der Waals surface area contributed by atoms with Crippen LogP contribution in [-0.4, -0.2) is 18.1 Å². The highest BCUT2D eigenvalue weighted by atomic mass is 35.5. The Kier molecular flexibility index (Phi) is 5.28. The van der Waals surface area contributed by atoms with E-state index in [9.17, 15) is 4.79 Å². The van der Waals surface area contributed by atoms with Gasteiger partial charge >= 0.3 is 5.97 Å². The van der Waals surface area contributed by atoms with Gasteiger partial charge in [0.25, 0.3) is 0 Å². The normalized spacial score (nSPS) is 12.2. The maximum Gasteiger partial charge on any atom is 0.354 e. The second-order valence-corrected chi connectivity index (χ2v) is 5.50. The molecule has 0 aliphatic rings. The summed E-state index contributed by atoms with van der Waals surface area (Å²) in [7, 11) is 1.35. The number of nitrogens with one attached hydrogen (secondary N) is 2. The third-order valence-electron chi connectivity index (χ3n) is 3.20. The maximum absolute atomic E-state index is 11.4. The summed E-state index contributed by atoms with van der Waals surface area (Å²) in [6, 6.07) is 7.43. The number of aromatic amines is 1. The molecule has 0 saturated heterocycles. The van der Waals surface area contributed by atoms with Crippen LogP contribution in [0.1, 0.15) is 34.6 Å². The Morgan fingerprint density at radius 3 is 2.76 bits per heavy atom. The molecule has 0 spiro atoms. The summed E-state index contributed by atoms with van der Waals surface area (Å²) in [5.41, 5.74) is 2.46. The highest BCUT2D eigenvalue weighted by Crippen LogP contribution is 2.25. The Hall–Kier alpha value is -1.49. The van der Waals surface area contributed by atoms with Crippen molar-refractivity contribution in [3.63, 3.8) is 0 Å². The number of hydrogen-bond donors (Lipinski definition) is 2. The Balaban J connectivity index is 1.97. The monoisotopic (exact) mass is 326 g/mol. The molecule has 1 aromatic heterocycles. The van der Waals surface area contributed by atoms with Crippen molar-refractivity contribution in [2.75, 3.05) is 7.11 Å². The zero-order chi connectivity index (χ0) is 15.4. The lowest BCUT2D eigenvalue weighted by Crippen LogP contribution is -2.17. The van der Waals surface area contributed by atoms with Gasteiger partial charge < -0.3 is 15.0 Å². The molecule has 21 heavy (non-hydrogen) atoms. The van der Waals surface area contributed by atoms with Crippen molar-refractivity contribution in [2.24, 2.45) is 0 Å². The molecule has 2 N–H and O–H groups in total. The van der Waals surface area contributed by atoms with Gasteiger partial charge in [0.1, 0.15) is 5.69 Å². The Morgan fingerprint density at radius 1 is 1.33 bits per heavy atom. The van der Waals surface area contributed by atoms with Crippen LogP contribution in [0.3, 0.4) is 0 Å². The van der Waals surface area contributed by atoms with Gasteiger partial charge in [0.05, 0.1) is 17.2 Å². The standard InChI is InChI=1S/C15H16Cl2N2O2/c1-9(11-3-4-12(16)13(17)6-11)18-7-10-5-14(19-8-10)15(20)21-2/h3-6,8-9,18-19H,7H2,1-2H3/t9-/m0/s1. The predicted octanol–water partition coefficient (Wildman–Crippen LogP) is 3.96. The van der Waals surface area contributed by atoms with Crippen molar-refractivity contribution >= 4 is 29.2 Å². The fourth-order valence-corrected chi connectivity index (χ4v) is 2.25. The topological polar surface area (TPSA) is 54.1 Å². The second-order valence-electron chi connectivity index (χ2n) is 4.69. The first-order valence-electron chi connectivity index (χ1n) is 6.45. The number of methoxy groups -OCH3 is 1. The lowest BCUT2D eigenvalue weighted by atomic mass is 10.1. The number of hydrogen-bond acceptors (Lipinski definition) is 3. The van der Waals surface area contributed by atoms with Crippen molar-refractivity contribution in [3.05, 3.63) is 57.3 Å². The number of esters is 1. The second kappa shape index (κ2) is 6.98. The number of carbonyl (C=O) groups is 1. The number of H-pyrrole nitrogens is 1. The molecule has 6 heteroatoms. The van der Waals surface area contributed by atoms with Crippen LogP contribution in [0.25, 0.3) is 0 Å². The van der Waals surface area contributed by atoms with Crippen molar-refractivity contribution in [1.29, 1.82) is 0 Å². The molecule has 0 amide bonds. The molecule has 2 aromatic rings. The van der Waals surface area contributed by atoms with Crippen molar-refractivity contribution < 1.29 is 9.53 Å². The number of ether oxygens (including phenoxy) is 1. The molecule has 4 nitrogen and oxygen atoms in total. The zero-order valence-electron chi connectivity index (χ0n) is 11.7. The molecule has 1 atom stereocenters. The van der Waals surface area contributed by atoms with E-state index in [0.717, 1.165) is 11.1 Å². The largest absolute Gasteiger partial charge is 0.464 e. The molecule has 0 fully saturated rings. The predicted molar refractivity (Wildman–Crippen MR) is 83.8 cm³/mol. The van der Waals surface area contributed by atoms with E-state index in [1.807, 2.05) is 19.1 Å². The Bertz CT molecular complexity index is 640. The van der Waals surface area contributed by atoms with E-state index in [0.29, 0.717) is 22.3 Å². The number of benzene rings is 1. The van der Waals surface area contributed by atoms with Gasteiger partial charge in [-0.3, -0.25) is 0 Å². The molecule has 0 unspecified atom stereocenters. The summed E-state index contributed by atoms with van der Waals surface area (Å²) >= 11 is 11.9. The van der Waals surface area contributed by atoms with Crippen LogP contribution in [0, 0.1) is 0 Å². The minimum atomic E-state index is -0.376. The highest BCUT2D eigenvalue weighted by Gasteiger charge is 2.10. The molecule has 1 heterocycles. The van der Waals surface area contributed by atoms with Crippen LogP contribution in [0.2, 0.25) is 10.0 Å². The third kappa shape index (κ3) is 4.00. The third-order valence-corrected chi connectivity index (χ3v) is 3.94. The van der Waals surface area contributed by atoms with Crippen LogP contribution >= 0.6 is 23.2 Å². The van der Waals surface area contributed by atoms with E-state index in [1.54, 1.807) is 18.3 Å². The molecule has 0 aliphatic carbocycles. The summed E-state index contributed by atoms with van der Waals surface area (Å²) in [5, 5.41) is 4.44. The van der Waals surface area contributed by atoms with Gasteiger partial charge in [-0.05, 0) is 36.2 Å². The number of rotatable bonds is 5. The highest BCUT2D eigenvalue weighted by molar-refractivity contribution is 6.42. The minimum Gasteiger partial charge on any atom is -0.464 e. The van der Waals surface area contributed by atoms with Crippen molar-refractivity contribution in [2.45, 2.75) is 19.5 Å². The van der Waals surface area contributed by atoms with E-state index >= 15 is 0 Å². The SMILES string of the molecule is COC(=O)c1cc(CN[C@@H](C)c2ccc(Cl)c(Cl)c2)c[nH]1. The molecular formula is C15H16Cl2N2O2. The van der Waals surface area contributed by atoms with E-state index in [2.05, 4.69) is 15.0 Å². The lowest BCUT2D eigenvalue weighted by Gasteiger charge is -2.14. The summed E-state index contributed by atoms with van der Waals surface area (Å²) in [5.74, 6) is -0.376. The first-order chi connectivity index (χ1) is 10.0. The van der Waals surface area contributed by atoms with E-state index < -0.39 is 0 Å². The summed E-state index contributed by atoms with van der Waals surface area (Å²) in [4.78, 5) is 14.2. The fourth-order valence-electron chi connectivity index (χ4n) is 1.94. The number of carbonyl (C=O) groups excluding carboxylic acids is 1. The van der Waals surface area contributed by atoms with Gasteiger partial charge in [-0.2, -0.15) is 0 Å². The van der Waals surface area contributed by atoms with Crippen LogP contribution in [-0.2, 0) is 11.3 Å². The quantitative estimate of drug-likeness (QED) is 0.818. The summed E-state index contributed by atoms with van der Waals surface area (Å²) in [6.45, 7) is 2.66. The van der Waals surface area contributed by atoms with E-state index in [4.69, 9.17) is 23.2 Å². The van der Waals surface area contributed by atoms with Crippen molar-refractivity contribution in [3.8, 4) is 0 Å². The maximum atomic E-state index is 11.4. The number of aromatic nitrogens is 1. The van der Waals surface area contributed by atoms with Crippen LogP contribution in [0.5, 0.6) is 0 Å². The summed E-state index contributed by atoms with van der Waals surface area (Å²) < 4.78 is 4.65. The molecular weight excluding hydrogens is 311 g/mol. The minimum absolute atomic E-state index is 0.108. The molecule has 0 radical (unpaired) electrons. The van der Waals surface area contributed by atoms with Crippen LogP contribution in [0.4, 0.5) is 0 Å². The van der Waals surface area contributed by atoms with E-state index in [1.165, 1.54) is 7.11 Å². The molecule has 2 rings (SSSR count).